The third-order valence-electron chi connectivity index (χ3n) is 2.40. The zero-order valence-electron chi connectivity index (χ0n) is 11.8. The zero-order valence-corrected chi connectivity index (χ0v) is 11.8. The Morgan fingerprint density at radius 3 is 2.53 bits per heavy atom. The van der Waals surface area contributed by atoms with Gasteiger partial charge in [-0.05, 0) is 0 Å². The molecular weight excluding hydrogens is 244 g/mol. The van der Waals surface area contributed by atoms with E-state index in [2.05, 4.69) is 25.4 Å². The van der Waals surface area contributed by atoms with Crippen LogP contribution in [-0.2, 0) is 12.5 Å². The highest BCUT2D eigenvalue weighted by molar-refractivity contribution is 5.39. The van der Waals surface area contributed by atoms with Crippen LogP contribution < -0.4 is 10.1 Å². The van der Waals surface area contributed by atoms with E-state index in [4.69, 9.17) is 4.74 Å². The summed E-state index contributed by atoms with van der Waals surface area (Å²) in [6, 6.07) is 1.98. The van der Waals surface area contributed by atoms with Gasteiger partial charge in [-0.1, -0.05) is 20.8 Å². The monoisotopic (exact) mass is 262 g/mol. The molecule has 0 aromatic carbocycles. The minimum atomic E-state index is -0.164. The van der Waals surface area contributed by atoms with Crippen LogP contribution in [0.15, 0.2) is 12.4 Å². The van der Waals surface area contributed by atoms with E-state index in [1.54, 1.807) is 31.2 Å². The van der Waals surface area contributed by atoms with Crippen LogP contribution in [0.3, 0.4) is 0 Å². The van der Waals surface area contributed by atoms with Crippen molar-refractivity contribution in [2.75, 3.05) is 12.4 Å². The topological polar surface area (TPSA) is 77.8 Å². The number of hydrogen-bond donors (Lipinski definition) is 1. The quantitative estimate of drug-likeness (QED) is 0.907. The molecule has 0 bridgehead atoms. The van der Waals surface area contributed by atoms with Crippen molar-refractivity contribution in [1.82, 2.24) is 24.7 Å². The summed E-state index contributed by atoms with van der Waals surface area (Å²) in [5.74, 6) is 1.83. The fourth-order valence-electron chi connectivity index (χ4n) is 1.40. The maximum Gasteiger partial charge on any atom is 0.342 e. The maximum atomic E-state index is 5.54. The number of ether oxygens (including phenoxy) is 1. The van der Waals surface area contributed by atoms with Crippen LogP contribution in [-0.4, -0.2) is 31.8 Å². The van der Waals surface area contributed by atoms with Gasteiger partial charge >= 0.3 is 6.01 Å². The molecule has 0 spiro atoms. The Hall–Kier alpha value is -2.18. The maximum absolute atomic E-state index is 5.54. The molecule has 7 heteroatoms. The average molecular weight is 262 g/mol. The Balaban J connectivity index is 2.34. The molecule has 0 aliphatic rings. The lowest BCUT2D eigenvalue weighted by Gasteiger charge is -2.17. The first-order chi connectivity index (χ1) is 8.88. The molecule has 19 heavy (non-hydrogen) atoms. The smallest absolute Gasteiger partial charge is 0.342 e. The molecule has 0 aliphatic heterocycles. The molecule has 0 radical (unpaired) electrons. The highest BCUT2D eigenvalue weighted by Crippen LogP contribution is 2.24. The minimum Gasteiger partial charge on any atom is -0.404 e. The third-order valence-corrected chi connectivity index (χ3v) is 2.40. The lowest BCUT2D eigenvalue weighted by molar-refractivity contribution is 0.412. The van der Waals surface area contributed by atoms with Crippen LogP contribution in [0.4, 0.5) is 5.82 Å². The van der Waals surface area contributed by atoms with Crippen LogP contribution in [0, 0.1) is 0 Å². The fourth-order valence-corrected chi connectivity index (χ4v) is 1.40. The SMILES string of the molecule is CNc1cc(Oc2ncn(C)n2)nc(C(C)(C)C)n1. The van der Waals surface area contributed by atoms with Crippen molar-refractivity contribution in [3.63, 3.8) is 0 Å². The second-order valence-electron chi connectivity index (χ2n) is 5.22. The second-order valence-corrected chi connectivity index (χ2v) is 5.22. The van der Waals surface area contributed by atoms with E-state index in [-0.39, 0.29) is 11.4 Å². The molecule has 0 fully saturated rings. The molecule has 0 unspecified atom stereocenters. The van der Waals surface area contributed by atoms with E-state index in [9.17, 15) is 0 Å². The molecule has 2 rings (SSSR count). The predicted molar refractivity (Wildman–Crippen MR) is 71.4 cm³/mol. The van der Waals surface area contributed by atoms with Gasteiger partial charge in [-0.3, -0.25) is 4.68 Å². The van der Waals surface area contributed by atoms with E-state index in [0.717, 1.165) is 0 Å². The van der Waals surface area contributed by atoms with Crippen LogP contribution in [0.1, 0.15) is 26.6 Å². The van der Waals surface area contributed by atoms with Gasteiger partial charge in [0.05, 0.1) is 0 Å². The summed E-state index contributed by atoms with van der Waals surface area (Å²) in [6.45, 7) is 6.14. The molecule has 1 N–H and O–H groups in total. The number of rotatable bonds is 3. The summed E-state index contributed by atoms with van der Waals surface area (Å²) in [5.41, 5.74) is -0.164. The van der Waals surface area contributed by atoms with Crippen LogP contribution >= 0.6 is 0 Å². The van der Waals surface area contributed by atoms with Crippen LogP contribution in [0.5, 0.6) is 11.9 Å². The third kappa shape index (κ3) is 3.18. The fraction of sp³-hybridized carbons (Fsp3) is 0.500. The molecule has 2 aromatic heterocycles. The summed E-state index contributed by atoms with van der Waals surface area (Å²) in [7, 11) is 3.58. The van der Waals surface area contributed by atoms with Crippen molar-refractivity contribution in [2.24, 2.45) is 7.05 Å². The molecule has 0 saturated heterocycles. The van der Waals surface area contributed by atoms with E-state index < -0.39 is 0 Å². The Kier molecular flexibility index (Phi) is 3.37. The molecule has 0 atom stereocenters. The Bertz CT molecular complexity index is 572. The Labute approximate surface area is 112 Å². The summed E-state index contributed by atoms with van der Waals surface area (Å²) < 4.78 is 7.11. The van der Waals surface area contributed by atoms with Crippen molar-refractivity contribution in [3.05, 3.63) is 18.2 Å². The van der Waals surface area contributed by atoms with Crippen LogP contribution in [0.2, 0.25) is 0 Å². The standard InChI is InChI=1S/C12H18N6O/c1-12(2,3)10-15-8(13-4)6-9(16-10)19-11-14-7-18(5)17-11/h6-7H,1-5H3,(H,13,15,16). The van der Waals surface area contributed by atoms with E-state index in [1.165, 1.54) is 0 Å². The van der Waals surface area contributed by atoms with Crippen molar-refractivity contribution >= 4 is 5.82 Å². The molecular formula is C12H18N6O. The van der Waals surface area contributed by atoms with Gasteiger partial charge in [0.2, 0.25) is 5.88 Å². The Morgan fingerprint density at radius 2 is 2.00 bits per heavy atom. The van der Waals surface area contributed by atoms with Gasteiger partial charge in [0.1, 0.15) is 18.0 Å². The lowest BCUT2D eigenvalue weighted by Crippen LogP contribution is -2.17. The molecule has 0 amide bonds. The highest BCUT2D eigenvalue weighted by Gasteiger charge is 2.20. The van der Waals surface area contributed by atoms with E-state index >= 15 is 0 Å². The molecule has 7 nitrogen and oxygen atoms in total. The van der Waals surface area contributed by atoms with Gasteiger partial charge in [0, 0.05) is 25.6 Å². The predicted octanol–water partition coefficient (Wildman–Crippen LogP) is 1.74. The van der Waals surface area contributed by atoms with Gasteiger partial charge in [-0.2, -0.15) is 9.97 Å². The number of aryl methyl sites for hydroxylation is 1. The van der Waals surface area contributed by atoms with Gasteiger partial charge in [-0.15, -0.1) is 5.10 Å². The van der Waals surface area contributed by atoms with Crippen molar-refractivity contribution in [1.29, 1.82) is 0 Å². The van der Waals surface area contributed by atoms with Gasteiger partial charge in [0.25, 0.3) is 0 Å². The summed E-state index contributed by atoms with van der Waals surface area (Å²) in [6.07, 6.45) is 1.57. The number of nitrogens with one attached hydrogen (secondary N) is 1. The first kappa shape index (κ1) is 13.3. The molecule has 2 heterocycles. The van der Waals surface area contributed by atoms with Crippen molar-refractivity contribution < 1.29 is 4.74 Å². The van der Waals surface area contributed by atoms with E-state index in [0.29, 0.717) is 17.5 Å². The number of nitrogens with zero attached hydrogens (tertiary/aromatic N) is 5. The number of hydrogen-bond acceptors (Lipinski definition) is 6. The van der Waals surface area contributed by atoms with Crippen molar-refractivity contribution in [3.8, 4) is 11.9 Å². The summed E-state index contributed by atoms with van der Waals surface area (Å²) in [5, 5.41) is 7.05. The van der Waals surface area contributed by atoms with Crippen molar-refractivity contribution in [2.45, 2.75) is 26.2 Å². The van der Waals surface area contributed by atoms with Gasteiger partial charge in [-0.25, -0.2) is 4.98 Å². The second kappa shape index (κ2) is 4.83. The lowest BCUT2D eigenvalue weighted by atomic mass is 9.96. The first-order valence-electron chi connectivity index (χ1n) is 5.99. The molecule has 102 valence electrons. The first-order valence-corrected chi connectivity index (χ1v) is 5.99. The Morgan fingerprint density at radius 1 is 1.26 bits per heavy atom. The molecule has 0 saturated carbocycles. The average Bonchev–Trinajstić information content (AvgIpc) is 2.73. The van der Waals surface area contributed by atoms with E-state index in [1.807, 2.05) is 20.8 Å². The number of aromatic nitrogens is 5. The molecule has 0 aliphatic carbocycles. The zero-order chi connectivity index (χ0) is 14.0. The van der Waals surface area contributed by atoms with Gasteiger partial charge in [0.15, 0.2) is 0 Å². The molecule has 2 aromatic rings. The largest absolute Gasteiger partial charge is 0.404 e. The normalized spacial score (nSPS) is 11.4. The number of anilines is 1. The van der Waals surface area contributed by atoms with Gasteiger partial charge < -0.3 is 10.1 Å². The highest BCUT2D eigenvalue weighted by atomic mass is 16.5. The van der Waals surface area contributed by atoms with Crippen LogP contribution in [0.25, 0.3) is 0 Å². The summed E-state index contributed by atoms with van der Waals surface area (Å²) in [4.78, 5) is 12.8. The summed E-state index contributed by atoms with van der Waals surface area (Å²) >= 11 is 0. The minimum absolute atomic E-state index is 0.164.